The molecule has 2 aromatic rings. The fraction of sp³-hybridized carbons (Fsp3) is 0.350. The number of nitrogens with zero attached hydrogens (tertiary/aromatic N) is 1. The van der Waals surface area contributed by atoms with Gasteiger partial charge in [-0.05, 0) is 35.4 Å². The molecule has 0 aliphatic carbocycles. The molecule has 1 saturated heterocycles. The highest BCUT2D eigenvalue weighted by molar-refractivity contribution is 7.89. The summed E-state index contributed by atoms with van der Waals surface area (Å²) in [6, 6.07) is 9.23. The minimum absolute atomic E-state index is 0.00597. The Morgan fingerprint density at radius 2 is 1.73 bits per heavy atom. The van der Waals surface area contributed by atoms with Gasteiger partial charge in [0.2, 0.25) is 10.0 Å². The molecule has 3 rings (SSSR count). The number of methoxy groups -OCH3 is 2. The third kappa shape index (κ3) is 4.35. The molecule has 0 saturated carbocycles. The molecule has 1 heterocycles. The van der Waals surface area contributed by atoms with Gasteiger partial charge in [-0.2, -0.15) is 17.5 Å². The van der Waals surface area contributed by atoms with Gasteiger partial charge >= 0.3 is 12.1 Å². The summed E-state index contributed by atoms with van der Waals surface area (Å²) in [7, 11) is -1.44. The Bertz CT molecular complexity index is 1020. The van der Waals surface area contributed by atoms with Crippen LogP contribution in [-0.2, 0) is 30.5 Å². The maximum atomic E-state index is 13.1. The molecule has 30 heavy (non-hydrogen) atoms. The average molecular weight is 443 g/mol. The summed E-state index contributed by atoms with van der Waals surface area (Å²) in [6.07, 6.45) is -4.76. The fourth-order valence-electron chi connectivity index (χ4n) is 3.39. The van der Waals surface area contributed by atoms with Gasteiger partial charge in [0.25, 0.3) is 0 Å². The first-order valence-corrected chi connectivity index (χ1v) is 10.4. The van der Waals surface area contributed by atoms with E-state index in [4.69, 9.17) is 9.47 Å². The number of carbonyl (C=O) groups excluding carboxylic acids is 1. The van der Waals surface area contributed by atoms with Crippen LogP contribution in [0.4, 0.5) is 13.2 Å². The molecule has 2 aromatic carbocycles. The molecule has 162 valence electrons. The minimum Gasteiger partial charge on any atom is -0.468 e. The summed E-state index contributed by atoms with van der Waals surface area (Å²) in [5, 5.41) is 0. The van der Waals surface area contributed by atoms with E-state index >= 15 is 0 Å². The Morgan fingerprint density at radius 3 is 2.30 bits per heavy atom. The Morgan fingerprint density at radius 1 is 1.07 bits per heavy atom. The predicted octanol–water partition coefficient (Wildman–Crippen LogP) is 3.32. The standard InChI is InChI=1S/C20H20F3NO5S/c1-28-16-11-18(19(25)29-2)24(12-16)30(26,27)17-8-6-13(7-9-17)14-4-3-5-15(10-14)20(21,22)23/h3-10,16,18H,11-12H2,1-2H3. The third-order valence-corrected chi connectivity index (χ3v) is 6.90. The molecular weight excluding hydrogens is 423 g/mol. The lowest BCUT2D eigenvalue weighted by Gasteiger charge is -2.22. The number of esters is 1. The van der Waals surface area contributed by atoms with Crippen LogP contribution in [0.1, 0.15) is 12.0 Å². The number of ether oxygens (including phenoxy) is 2. The second-order valence-electron chi connectivity index (χ2n) is 6.81. The highest BCUT2D eigenvalue weighted by Gasteiger charge is 2.44. The van der Waals surface area contributed by atoms with E-state index in [0.717, 1.165) is 16.4 Å². The Kier molecular flexibility index (Phi) is 6.21. The van der Waals surface area contributed by atoms with Crippen LogP contribution in [0, 0.1) is 0 Å². The van der Waals surface area contributed by atoms with Crippen molar-refractivity contribution in [3.63, 3.8) is 0 Å². The van der Waals surface area contributed by atoms with Crippen LogP contribution in [0.2, 0.25) is 0 Å². The summed E-state index contributed by atoms with van der Waals surface area (Å²) in [4.78, 5) is 12.0. The normalized spacial score (nSPS) is 20.3. The van der Waals surface area contributed by atoms with Gasteiger partial charge < -0.3 is 9.47 Å². The monoisotopic (exact) mass is 443 g/mol. The maximum Gasteiger partial charge on any atom is 0.416 e. The van der Waals surface area contributed by atoms with Crippen LogP contribution in [0.25, 0.3) is 11.1 Å². The van der Waals surface area contributed by atoms with Crippen molar-refractivity contribution in [2.24, 2.45) is 0 Å². The Balaban J connectivity index is 1.91. The van der Waals surface area contributed by atoms with E-state index in [1.807, 2.05) is 0 Å². The summed E-state index contributed by atoms with van der Waals surface area (Å²) >= 11 is 0. The molecule has 2 unspecified atom stereocenters. The average Bonchev–Trinajstić information content (AvgIpc) is 3.18. The van der Waals surface area contributed by atoms with Crippen LogP contribution in [0.5, 0.6) is 0 Å². The van der Waals surface area contributed by atoms with Crippen LogP contribution >= 0.6 is 0 Å². The fourth-order valence-corrected chi connectivity index (χ4v) is 5.01. The first-order valence-electron chi connectivity index (χ1n) is 8.98. The molecule has 10 heteroatoms. The first kappa shape index (κ1) is 22.3. The SMILES string of the molecule is COC(=O)C1CC(OC)CN1S(=O)(=O)c1ccc(-c2cccc(C(F)(F)F)c2)cc1. The van der Waals surface area contributed by atoms with Crippen LogP contribution in [0.3, 0.4) is 0 Å². The topological polar surface area (TPSA) is 72.9 Å². The molecule has 0 N–H and O–H groups in total. The zero-order valence-corrected chi connectivity index (χ0v) is 17.0. The second-order valence-corrected chi connectivity index (χ2v) is 8.70. The van der Waals surface area contributed by atoms with Crippen molar-refractivity contribution in [1.82, 2.24) is 4.31 Å². The van der Waals surface area contributed by atoms with Gasteiger partial charge in [-0.1, -0.05) is 24.3 Å². The van der Waals surface area contributed by atoms with Gasteiger partial charge in [-0.15, -0.1) is 0 Å². The minimum atomic E-state index is -4.48. The largest absolute Gasteiger partial charge is 0.468 e. The van der Waals surface area contributed by atoms with E-state index < -0.39 is 39.9 Å². The number of rotatable bonds is 5. The van der Waals surface area contributed by atoms with Gasteiger partial charge in [-0.25, -0.2) is 8.42 Å². The van der Waals surface area contributed by atoms with Gasteiger partial charge in [0.1, 0.15) is 6.04 Å². The van der Waals surface area contributed by atoms with E-state index in [0.29, 0.717) is 11.1 Å². The summed E-state index contributed by atoms with van der Waals surface area (Å²) in [6.45, 7) is -0.00597. The summed E-state index contributed by atoms with van der Waals surface area (Å²) in [5.74, 6) is -0.682. The number of sulfonamides is 1. The number of benzene rings is 2. The number of alkyl halides is 3. The van der Waals surface area contributed by atoms with E-state index in [9.17, 15) is 26.4 Å². The lowest BCUT2D eigenvalue weighted by molar-refractivity contribution is -0.144. The van der Waals surface area contributed by atoms with E-state index in [1.165, 1.54) is 50.6 Å². The predicted molar refractivity (Wildman–Crippen MR) is 102 cm³/mol. The van der Waals surface area contributed by atoms with Gasteiger partial charge in [-0.3, -0.25) is 4.79 Å². The van der Waals surface area contributed by atoms with Gasteiger partial charge in [0, 0.05) is 20.1 Å². The zero-order valence-electron chi connectivity index (χ0n) is 16.2. The molecule has 1 aliphatic rings. The molecule has 0 radical (unpaired) electrons. The second kappa shape index (κ2) is 8.37. The molecule has 0 amide bonds. The molecule has 1 fully saturated rings. The third-order valence-electron chi connectivity index (χ3n) is 5.01. The number of hydrogen-bond donors (Lipinski definition) is 0. The molecule has 0 aromatic heterocycles. The van der Waals surface area contributed by atoms with Crippen molar-refractivity contribution in [2.75, 3.05) is 20.8 Å². The van der Waals surface area contributed by atoms with Crippen molar-refractivity contribution in [3.8, 4) is 11.1 Å². The number of halogens is 3. The smallest absolute Gasteiger partial charge is 0.416 e. The Hall–Kier alpha value is -2.43. The van der Waals surface area contributed by atoms with Crippen molar-refractivity contribution in [3.05, 3.63) is 54.1 Å². The first-order chi connectivity index (χ1) is 14.1. The van der Waals surface area contributed by atoms with Crippen molar-refractivity contribution in [1.29, 1.82) is 0 Å². The van der Waals surface area contributed by atoms with Crippen LogP contribution in [-0.4, -0.2) is 51.6 Å². The summed E-state index contributed by atoms with van der Waals surface area (Å²) in [5.41, 5.74) is -0.0529. The molecule has 1 aliphatic heterocycles. The summed E-state index contributed by atoms with van der Waals surface area (Å²) < 4.78 is 75.9. The zero-order chi connectivity index (χ0) is 22.1. The Labute approximate surface area is 172 Å². The lowest BCUT2D eigenvalue weighted by Crippen LogP contribution is -2.41. The van der Waals surface area contributed by atoms with Gasteiger partial charge in [0.05, 0.1) is 23.7 Å². The number of carbonyl (C=O) groups is 1. The molecular formula is C20H20F3NO5S. The quantitative estimate of drug-likeness (QED) is 0.663. The number of hydrogen-bond acceptors (Lipinski definition) is 5. The van der Waals surface area contributed by atoms with E-state index in [2.05, 4.69) is 0 Å². The lowest BCUT2D eigenvalue weighted by atomic mass is 10.0. The molecule has 6 nitrogen and oxygen atoms in total. The van der Waals surface area contributed by atoms with Crippen molar-refractivity contribution >= 4 is 16.0 Å². The molecule has 0 bridgehead atoms. The van der Waals surface area contributed by atoms with Crippen molar-refractivity contribution < 1.29 is 35.9 Å². The van der Waals surface area contributed by atoms with E-state index in [-0.39, 0.29) is 17.9 Å². The highest BCUT2D eigenvalue weighted by Crippen LogP contribution is 2.33. The maximum absolute atomic E-state index is 13.1. The van der Waals surface area contributed by atoms with Crippen LogP contribution < -0.4 is 0 Å². The van der Waals surface area contributed by atoms with Crippen LogP contribution in [0.15, 0.2) is 53.4 Å². The molecule has 2 atom stereocenters. The molecule has 0 spiro atoms. The van der Waals surface area contributed by atoms with Crippen molar-refractivity contribution in [2.45, 2.75) is 29.6 Å². The van der Waals surface area contributed by atoms with Gasteiger partial charge in [0.15, 0.2) is 0 Å². The van der Waals surface area contributed by atoms with E-state index in [1.54, 1.807) is 0 Å². The highest BCUT2D eigenvalue weighted by atomic mass is 32.2.